The van der Waals surface area contributed by atoms with E-state index < -0.39 is 0 Å². The molecule has 25 heavy (non-hydrogen) atoms. The highest BCUT2D eigenvalue weighted by Crippen LogP contribution is 2.47. The first-order chi connectivity index (χ1) is 12.1. The maximum absolute atomic E-state index is 12.1. The molecular weight excluding hydrogens is 324 g/mol. The van der Waals surface area contributed by atoms with Crippen molar-refractivity contribution in [3.63, 3.8) is 0 Å². The second-order valence-electron chi connectivity index (χ2n) is 5.56. The molecule has 0 aliphatic carbocycles. The number of esters is 1. The molecule has 0 bridgehead atoms. The van der Waals surface area contributed by atoms with Gasteiger partial charge in [0.2, 0.25) is 5.75 Å². The van der Waals surface area contributed by atoms with Crippen molar-refractivity contribution in [2.45, 2.75) is 12.3 Å². The van der Waals surface area contributed by atoms with Gasteiger partial charge < -0.3 is 23.7 Å². The lowest BCUT2D eigenvalue weighted by atomic mass is 9.85. The van der Waals surface area contributed by atoms with Crippen LogP contribution in [0.2, 0.25) is 0 Å². The molecule has 1 aliphatic rings. The SMILES string of the molecule is COc1cc([C@@H]2CC(=O)Oc3cccc(OC)c32)cc(OC)c1OC. The number of hydrogen-bond donors (Lipinski definition) is 0. The Hall–Kier alpha value is -2.89. The van der Waals surface area contributed by atoms with E-state index in [-0.39, 0.29) is 18.3 Å². The highest BCUT2D eigenvalue weighted by Gasteiger charge is 2.32. The summed E-state index contributed by atoms with van der Waals surface area (Å²) in [4.78, 5) is 12.1. The minimum Gasteiger partial charge on any atom is -0.496 e. The van der Waals surface area contributed by atoms with Gasteiger partial charge in [-0.05, 0) is 29.8 Å². The maximum atomic E-state index is 12.1. The molecule has 0 fully saturated rings. The summed E-state index contributed by atoms with van der Waals surface area (Å²) in [5.74, 6) is 2.23. The monoisotopic (exact) mass is 344 g/mol. The van der Waals surface area contributed by atoms with Crippen LogP contribution in [0, 0.1) is 0 Å². The topological polar surface area (TPSA) is 63.2 Å². The lowest BCUT2D eigenvalue weighted by Crippen LogP contribution is -2.21. The smallest absolute Gasteiger partial charge is 0.312 e. The van der Waals surface area contributed by atoms with Crippen molar-refractivity contribution >= 4 is 5.97 Å². The van der Waals surface area contributed by atoms with Crippen molar-refractivity contribution < 1.29 is 28.5 Å². The lowest BCUT2D eigenvalue weighted by Gasteiger charge is -2.27. The van der Waals surface area contributed by atoms with Crippen LogP contribution >= 0.6 is 0 Å². The Balaban J connectivity index is 2.19. The second kappa shape index (κ2) is 6.93. The zero-order valence-corrected chi connectivity index (χ0v) is 14.6. The summed E-state index contributed by atoms with van der Waals surface area (Å²) in [6.07, 6.45) is 0.200. The highest BCUT2D eigenvalue weighted by atomic mass is 16.5. The van der Waals surface area contributed by atoms with Crippen molar-refractivity contribution in [2.75, 3.05) is 28.4 Å². The molecule has 1 heterocycles. The molecule has 0 spiro atoms. The summed E-state index contributed by atoms with van der Waals surface area (Å²) in [5.41, 5.74) is 1.69. The van der Waals surface area contributed by atoms with Crippen LogP contribution in [0.3, 0.4) is 0 Å². The quantitative estimate of drug-likeness (QED) is 0.613. The minimum absolute atomic E-state index is 0.200. The van der Waals surface area contributed by atoms with Gasteiger partial charge in [-0.1, -0.05) is 6.07 Å². The molecule has 2 aromatic carbocycles. The molecule has 1 atom stereocenters. The van der Waals surface area contributed by atoms with Crippen LogP contribution < -0.4 is 23.7 Å². The molecule has 0 unspecified atom stereocenters. The van der Waals surface area contributed by atoms with Gasteiger partial charge in [-0.25, -0.2) is 0 Å². The van der Waals surface area contributed by atoms with E-state index in [1.165, 1.54) is 0 Å². The molecule has 0 radical (unpaired) electrons. The summed E-state index contributed by atoms with van der Waals surface area (Å²) in [5, 5.41) is 0. The first kappa shape index (κ1) is 17.0. The number of rotatable bonds is 5. The normalized spacial score (nSPS) is 15.8. The summed E-state index contributed by atoms with van der Waals surface area (Å²) in [7, 11) is 6.27. The van der Waals surface area contributed by atoms with E-state index in [1.54, 1.807) is 40.6 Å². The van der Waals surface area contributed by atoms with Gasteiger partial charge >= 0.3 is 5.97 Å². The molecule has 132 valence electrons. The van der Waals surface area contributed by atoms with E-state index in [2.05, 4.69) is 0 Å². The number of fused-ring (bicyclic) bond motifs is 1. The first-order valence-corrected chi connectivity index (χ1v) is 7.80. The van der Waals surface area contributed by atoms with Gasteiger partial charge in [0.25, 0.3) is 0 Å². The van der Waals surface area contributed by atoms with Gasteiger partial charge in [0, 0.05) is 11.5 Å². The fourth-order valence-electron chi connectivity index (χ4n) is 3.15. The molecule has 6 nitrogen and oxygen atoms in total. The van der Waals surface area contributed by atoms with Crippen molar-refractivity contribution in [3.05, 3.63) is 41.5 Å². The number of benzene rings is 2. The van der Waals surface area contributed by atoms with E-state index in [4.69, 9.17) is 23.7 Å². The Morgan fingerprint density at radius 3 is 2.12 bits per heavy atom. The second-order valence-corrected chi connectivity index (χ2v) is 5.56. The minimum atomic E-state index is -0.292. The number of carbonyl (C=O) groups is 1. The number of methoxy groups -OCH3 is 4. The average molecular weight is 344 g/mol. The number of carbonyl (C=O) groups excluding carboxylic acids is 1. The molecule has 0 N–H and O–H groups in total. The molecule has 2 aromatic rings. The third-order valence-corrected chi connectivity index (χ3v) is 4.28. The number of ether oxygens (including phenoxy) is 5. The summed E-state index contributed by atoms with van der Waals surface area (Å²) >= 11 is 0. The van der Waals surface area contributed by atoms with E-state index in [0.29, 0.717) is 28.7 Å². The van der Waals surface area contributed by atoms with Crippen LogP contribution in [0.5, 0.6) is 28.7 Å². The first-order valence-electron chi connectivity index (χ1n) is 7.80. The predicted octanol–water partition coefficient (Wildman–Crippen LogP) is 3.16. The zero-order valence-electron chi connectivity index (χ0n) is 14.6. The molecule has 1 aliphatic heterocycles. The lowest BCUT2D eigenvalue weighted by molar-refractivity contribution is -0.135. The van der Waals surface area contributed by atoms with E-state index in [0.717, 1.165) is 11.1 Å². The predicted molar refractivity (Wildman–Crippen MR) is 91.2 cm³/mol. The molecule has 0 saturated heterocycles. The van der Waals surface area contributed by atoms with E-state index in [9.17, 15) is 4.79 Å². The van der Waals surface area contributed by atoms with E-state index in [1.807, 2.05) is 18.2 Å². The highest BCUT2D eigenvalue weighted by molar-refractivity contribution is 5.79. The molecular formula is C19H20O6. The van der Waals surface area contributed by atoms with Crippen molar-refractivity contribution in [2.24, 2.45) is 0 Å². The van der Waals surface area contributed by atoms with Gasteiger partial charge in [0.15, 0.2) is 11.5 Å². The van der Waals surface area contributed by atoms with Crippen LogP contribution in [-0.4, -0.2) is 34.4 Å². The van der Waals surface area contributed by atoms with Gasteiger partial charge in [0.1, 0.15) is 11.5 Å². The Labute approximate surface area is 146 Å². The van der Waals surface area contributed by atoms with Crippen molar-refractivity contribution in [1.29, 1.82) is 0 Å². The van der Waals surface area contributed by atoms with Crippen LogP contribution in [0.25, 0.3) is 0 Å². The Kier molecular flexibility index (Phi) is 4.70. The number of hydrogen-bond acceptors (Lipinski definition) is 6. The van der Waals surface area contributed by atoms with Gasteiger partial charge in [0.05, 0.1) is 34.9 Å². The molecule has 3 rings (SSSR count). The fraction of sp³-hybridized carbons (Fsp3) is 0.316. The molecule has 0 saturated carbocycles. The zero-order chi connectivity index (χ0) is 18.0. The van der Waals surface area contributed by atoms with Gasteiger partial charge in [-0.3, -0.25) is 4.79 Å². The van der Waals surface area contributed by atoms with Crippen LogP contribution in [0.15, 0.2) is 30.3 Å². The Bertz CT molecular complexity index is 773. The van der Waals surface area contributed by atoms with Crippen LogP contribution in [0.1, 0.15) is 23.5 Å². The summed E-state index contributed by atoms with van der Waals surface area (Å²) < 4.78 is 27.1. The Morgan fingerprint density at radius 2 is 1.56 bits per heavy atom. The van der Waals surface area contributed by atoms with Crippen LogP contribution in [-0.2, 0) is 4.79 Å². The van der Waals surface area contributed by atoms with Crippen molar-refractivity contribution in [3.8, 4) is 28.7 Å². The van der Waals surface area contributed by atoms with Crippen molar-refractivity contribution in [1.82, 2.24) is 0 Å². The van der Waals surface area contributed by atoms with E-state index >= 15 is 0 Å². The largest absolute Gasteiger partial charge is 0.496 e. The summed E-state index contributed by atoms with van der Waals surface area (Å²) in [6.45, 7) is 0. The molecule has 0 amide bonds. The van der Waals surface area contributed by atoms with Crippen LogP contribution in [0.4, 0.5) is 0 Å². The average Bonchev–Trinajstić information content (AvgIpc) is 2.65. The Morgan fingerprint density at radius 1 is 0.920 bits per heavy atom. The molecule has 0 aromatic heterocycles. The third kappa shape index (κ3) is 2.95. The molecule has 6 heteroatoms. The standard InChI is InChI=1S/C19H20O6/c1-21-13-6-5-7-14-18(13)12(10-17(20)25-14)11-8-15(22-2)19(24-4)16(9-11)23-3/h5-9,12H,10H2,1-4H3/t12-/m0/s1. The fourth-order valence-corrected chi connectivity index (χ4v) is 3.15. The maximum Gasteiger partial charge on any atom is 0.312 e. The van der Waals surface area contributed by atoms with Gasteiger partial charge in [-0.15, -0.1) is 0 Å². The third-order valence-electron chi connectivity index (χ3n) is 4.28. The van der Waals surface area contributed by atoms with Gasteiger partial charge in [-0.2, -0.15) is 0 Å². The summed E-state index contributed by atoms with van der Waals surface area (Å²) in [6, 6.07) is 9.10.